The average Bonchev–Trinajstić information content (AvgIpc) is 3.13. The van der Waals surface area contributed by atoms with E-state index in [4.69, 9.17) is 16.7 Å². The molecule has 32 heavy (non-hydrogen) atoms. The summed E-state index contributed by atoms with van der Waals surface area (Å²) in [4.78, 5) is 11.1. The van der Waals surface area contributed by atoms with Gasteiger partial charge in [-0.1, -0.05) is 41.9 Å². The fourth-order valence-electron chi connectivity index (χ4n) is 3.62. The van der Waals surface area contributed by atoms with Gasteiger partial charge >= 0.3 is 5.97 Å². The Morgan fingerprint density at radius 2 is 1.75 bits per heavy atom. The molecule has 1 heterocycles. The number of aromatic nitrogens is 1. The number of nitriles is 1. The van der Waals surface area contributed by atoms with E-state index in [0.717, 1.165) is 22.0 Å². The number of hydrogen-bond donors (Lipinski definition) is 1. The number of hydrogen-bond acceptors (Lipinski definition) is 2. The summed E-state index contributed by atoms with van der Waals surface area (Å²) < 4.78 is 15.2. The van der Waals surface area contributed by atoms with Crippen LogP contribution < -0.4 is 0 Å². The Kier molecular flexibility index (Phi) is 6.07. The molecule has 0 aliphatic carbocycles. The number of aryl methyl sites for hydroxylation is 2. The third kappa shape index (κ3) is 4.56. The molecule has 4 nitrogen and oxygen atoms in total. The Morgan fingerprint density at radius 3 is 2.41 bits per heavy atom. The Morgan fingerprint density at radius 1 is 1.06 bits per heavy atom. The summed E-state index contributed by atoms with van der Waals surface area (Å²) in [5.74, 6) is -1.28. The maximum absolute atomic E-state index is 13.2. The van der Waals surface area contributed by atoms with Crippen LogP contribution in [-0.4, -0.2) is 15.6 Å². The second kappa shape index (κ2) is 9.09. The molecule has 0 unspecified atom stereocenters. The lowest BCUT2D eigenvalue weighted by molar-refractivity contribution is 0.0697. The van der Waals surface area contributed by atoms with Gasteiger partial charge in [-0.2, -0.15) is 5.26 Å². The van der Waals surface area contributed by atoms with Crippen molar-refractivity contribution in [1.29, 1.82) is 5.26 Å². The number of carboxylic acids is 1. The maximum atomic E-state index is 13.2. The van der Waals surface area contributed by atoms with Crippen molar-refractivity contribution in [2.45, 2.75) is 13.0 Å². The van der Waals surface area contributed by atoms with Crippen LogP contribution in [0.3, 0.4) is 0 Å². The number of nitrogens with zero attached hydrogens (tertiary/aromatic N) is 2. The first-order valence-electron chi connectivity index (χ1n) is 9.93. The zero-order valence-corrected chi connectivity index (χ0v) is 17.7. The summed E-state index contributed by atoms with van der Waals surface area (Å²) in [5, 5.41) is 20.4. The zero-order chi connectivity index (χ0) is 22.7. The molecule has 4 rings (SSSR count). The van der Waals surface area contributed by atoms with Crippen molar-refractivity contribution in [3.63, 3.8) is 0 Å². The molecule has 6 heteroatoms. The minimum absolute atomic E-state index is 0.165. The first-order valence-corrected chi connectivity index (χ1v) is 10.3. The van der Waals surface area contributed by atoms with E-state index in [-0.39, 0.29) is 11.4 Å². The summed E-state index contributed by atoms with van der Waals surface area (Å²) >= 11 is 6.23. The fraction of sp³-hybridized carbons (Fsp3) is 0.0769. The molecule has 0 spiro atoms. The van der Waals surface area contributed by atoms with Crippen LogP contribution in [-0.2, 0) is 13.0 Å². The average molecular weight is 445 g/mol. The zero-order valence-electron chi connectivity index (χ0n) is 16.9. The van der Waals surface area contributed by atoms with Crippen molar-refractivity contribution in [3.8, 4) is 6.07 Å². The summed E-state index contributed by atoms with van der Waals surface area (Å²) in [7, 11) is 0. The number of aromatic carboxylic acids is 1. The van der Waals surface area contributed by atoms with Gasteiger partial charge in [0.1, 0.15) is 5.82 Å². The lowest BCUT2D eigenvalue weighted by Crippen LogP contribution is -1.99. The van der Waals surface area contributed by atoms with Crippen LogP contribution >= 0.6 is 11.6 Å². The Labute approximate surface area is 189 Å². The molecule has 0 radical (unpaired) electrons. The molecule has 0 aliphatic rings. The molecule has 0 saturated carbocycles. The van der Waals surface area contributed by atoms with E-state index in [0.29, 0.717) is 29.1 Å². The second-order valence-electron chi connectivity index (χ2n) is 7.37. The first-order chi connectivity index (χ1) is 15.4. The third-order valence-corrected chi connectivity index (χ3v) is 5.53. The first kappa shape index (κ1) is 21.4. The molecule has 0 saturated heterocycles. The quantitative estimate of drug-likeness (QED) is 0.348. The summed E-state index contributed by atoms with van der Waals surface area (Å²) in [6.45, 7) is 0.658. The van der Waals surface area contributed by atoms with Gasteiger partial charge in [-0.25, -0.2) is 9.18 Å². The topological polar surface area (TPSA) is 66.0 Å². The van der Waals surface area contributed by atoms with Crippen molar-refractivity contribution < 1.29 is 14.3 Å². The van der Waals surface area contributed by atoms with Gasteiger partial charge in [-0.05, 0) is 60.0 Å². The van der Waals surface area contributed by atoms with Crippen LogP contribution in [0.15, 0.2) is 72.9 Å². The summed E-state index contributed by atoms with van der Waals surface area (Å²) in [5.41, 5.74) is 4.04. The monoisotopic (exact) mass is 444 g/mol. The Balaban J connectivity index is 1.70. The predicted molar refractivity (Wildman–Crippen MR) is 124 cm³/mol. The molecule has 0 atom stereocenters. The van der Waals surface area contributed by atoms with Gasteiger partial charge < -0.3 is 9.67 Å². The molecule has 1 aromatic heterocycles. The number of fused-ring (bicyclic) bond motifs is 1. The van der Waals surface area contributed by atoms with Crippen molar-refractivity contribution in [2.24, 2.45) is 0 Å². The van der Waals surface area contributed by atoms with Crippen molar-refractivity contribution >= 4 is 40.1 Å². The smallest absolute Gasteiger partial charge is 0.335 e. The van der Waals surface area contributed by atoms with Crippen LogP contribution in [0.1, 0.15) is 27.0 Å². The van der Waals surface area contributed by atoms with E-state index in [1.165, 1.54) is 24.3 Å². The van der Waals surface area contributed by atoms with E-state index in [1.807, 2.05) is 18.3 Å². The largest absolute Gasteiger partial charge is 0.478 e. The SMILES string of the molecule is N#CC(=Cc1cn(CCc2ccc(F)cc2)c2cc(Cl)ccc12)c1ccc(C(=O)O)cc1. The lowest BCUT2D eigenvalue weighted by Gasteiger charge is -2.06. The normalized spacial score (nSPS) is 11.5. The number of benzene rings is 3. The number of carboxylic acid groups (broad SMARTS) is 1. The highest BCUT2D eigenvalue weighted by molar-refractivity contribution is 6.31. The van der Waals surface area contributed by atoms with Crippen LogP contribution in [0.25, 0.3) is 22.6 Å². The van der Waals surface area contributed by atoms with Gasteiger partial charge in [0.05, 0.1) is 22.7 Å². The van der Waals surface area contributed by atoms with Crippen molar-refractivity contribution in [2.75, 3.05) is 0 Å². The number of rotatable bonds is 6. The molecule has 0 bridgehead atoms. The molecule has 4 aromatic rings. The fourth-order valence-corrected chi connectivity index (χ4v) is 3.79. The standard InChI is InChI=1S/C26H18ClFN2O2/c27-22-7-10-24-21(13-20(15-29)18-3-5-19(6-4-18)26(31)32)16-30(25(24)14-22)12-11-17-1-8-23(28)9-2-17/h1-10,13-14,16H,11-12H2,(H,31,32). The molecule has 158 valence electrons. The van der Waals surface area contributed by atoms with E-state index < -0.39 is 5.97 Å². The van der Waals surface area contributed by atoms with Crippen LogP contribution in [0.2, 0.25) is 5.02 Å². The van der Waals surface area contributed by atoms with Crippen molar-refractivity contribution in [1.82, 2.24) is 4.57 Å². The second-order valence-corrected chi connectivity index (χ2v) is 7.80. The maximum Gasteiger partial charge on any atom is 0.335 e. The highest BCUT2D eigenvalue weighted by atomic mass is 35.5. The predicted octanol–water partition coefficient (Wildman–Crippen LogP) is 6.44. The van der Waals surface area contributed by atoms with Gasteiger partial charge in [-0.15, -0.1) is 0 Å². The molecular weight excluding hydrogens is 427 g/mol. The molecule has 0 fully saturated rings. The number of halogens is 2. The number of carbonyl (C=O) groups is 1. The molecule has 1 N–H and O–H groups in total. The number of allylic oxidation sites excluding steroid dienone is 1. The van der Waals surface area contributed by atoms with Gasteiger partial charge in [0.15, 0.2) is 0 Å². The van der Waals surface area contributed by atoms with Gasteiger partial charge in [0.25, 0.3) is 0 Å². The lowest BCUT2D eigenvalue weighted by atomic mass is 10.0. The van der Waals surface area contributed by atoms with Crippen LogP contribution in [0.4, 0.5) is 4.39 Å². The summed E-state index contributed by atoms with van der Waals surface area (Å²) in [6, 6.07) is 20.5. The van der Waals surface area contributed by atoms with Crippen molar-refractivity contribution in [3.05, 3.63) is 106 Å². The highest BCUT2D eigenvalue weighted by Gasteiger charge is 2.11. The summed E-state index contributed by atoms with van der Waals surface area (Å²) in [6.07, 6.45) is 4.47. The Hall–Kier alpha value is -3.88. The minimum atomic E-state index is -1.01. The van der Waals surface area contributed by atoms with Crippen LogP contribution in [0.5, 0.6) is 0 Å². The Bertz CT molecular complexity index is 1360. The van der Waals surface area contributed by atoms with E-state index in [1.54, 1.807) is 36.4 Å². The van der Waals surface area contributed by atoms with E-state index >= 15 is 0 Å². The highest BCUT2D eigenvalue weighted by Crippen LogP contribution is 2.29. The van der Waals surface area contributed by atoms with Gasteiger partial charge in [-0.3, -0.25) is 0 Å². The molecule has 0 amide bonds. The molecule has 0 aliphatic heterocycles. The van der Waals surface area contributed by atoms with E-state index in [9.17, 15) is 14.4 Å². The van der Waals surface area contributed by atoms with E-state index in [2.05, 4.69) is 10.6 Å². The molecule has 3 aromatic carbocycles. The van der Waals surface area contributed by atoms with Gasteiger partial charge in [0, 0.05) is 28.7 Å². The molecular formula is C26H18ClFN2O2. The van der Waals surface area contributed by atoms with Gasteiger partial charge in [0.2, 0.25) is 0 Å². The third-order valence-electron chi connectivity index (χ3n) is 5.29. The van der Waals surface area contributed by atoms with Crippen LogP contribution in [0, 0.1) is 17.1 Å². The minimum Gasteiger partial charge on any atom is -0.478 e.